The van der Waals surface area contributed by atoms with E-state index in [2.05, 4.69) is 6.58 Å². The van der Waals surface area contributed by atoms with Gasteiger partial charge in [0.15, 0.2) is 5.40 Å². The molecule has 0 saturated carbocycles. The SMILES string of the molecule is C=CC(P(=O)(OCC)OCC)P(=O)(OCC)OCC. The Kier molecular flexibility index (Phi) is 9.08. The first-order chi connectivity index (χ1) is 8.94. The Morgan fingerprint density at radius 3 is 1.26 bits per heavy atom. The summed E-state index contributed by atoms with van der Waals surface area (Å²) in [5.74, 6) is 0. The maximum Gasteiger partial charge on any atom is 0.349 e. The van der Waals surface area contributed by atoms with Crippen LogP contribution in [-0.2, 0) is 27.2 Å². The molecule has 0 aliphatic rings. The molecule has 114 valence electrons. The summed E-state index contributed by atoms with van der Waals surface area (Å²) in [5.41, 5.74) is 0. The van der Waals surface area contributed by atoms with Crippen molar-refractivity contribution in [2.24, 2.45) is 0 Å². The summed E-state index contributed by atoms with van der Waals surface area (Å²) >= 11 is 0. The lowest BCUT2D eigenvalue weighted by molar-refractivity contribution is 0.200. The second-order valence-electron chi connectivity index (χ2n) is 3.40. The van der Waals surface area contributed by atoms with Crippen LogP contribution in [0.5, 0.6) is 0 Å². The molecule has 0 aromatic rings. The molecule has 0 spiro atoms. The Hall–Kier alpha value is 0.0400. The van der Waals surface area contributed by atoms with Gasteiger partial charge in [0.25, 0.3) is 0 Å². The molecule has 0 saturated heterocycles. The summed E-state index contributed by atoms with van der Waals surface area (Å²) in [6, 6.07) is 0. The Bertz CT molecular complexity index is 307. The van der Waals surface area contributed by atoms with E-state index >= 15 is 0 Å². The van der Waals surface area contributed by atoms with Crippen LogP contribution in [-0.4, -0.2) is 31.8 Å². The number of hydrogen-bond donors (Lipinski definition) is 0. The lowest BCUT2D eigenvalue weighted by Gasteiger charge is -2.29. The highest BCUT2D eigenvalue weighted by atomic mass is 31.2. The zero-order chi connectivity index (χ0) is 14.9. The van der Waals surface area contributed by atoms with Gasteiger partial charge in [0.05, 0.1) is 26.4 Å². The maximum atomic E-state index is 12.7. The van der Waals surface area contributed by atoms with Gasteiger partial charge in [-0.3, -0.25) is 9.13 Å². The highest BCUT2D eigenvalue weighted by Gasteiger charge is 2.48. The summed E-state index contributed by atoms with van der Waals surface area (Å²) in [5, 5.41) is -1.13. The van der Waals surface area contributed by atoms with E-state index in [1.807, 2.05) is 0 Å². The van der Waals surface area contributed by atoms with Crippen molar-refractivity contribution in [2.45, 2.75) is 33.1 Å². The normalized spacial score (nSPS) is 12.9. The molecule has 0 radical (unpaired) electrons. The van der Waals surface area contributed by atoms with Crippen LogP contribution in [0, 0.1) is 0 Å². The van der Waals surface area contributed by atoms with Crippen molar-refractivity contribution < 1.29 is 27.2 Å². The van der Waals surface area contributed by atoms with Crippen molar-refractivity contribution in [1.82, 2.24) is 0 Å². The van der Waals surface area contributed by atoms with Gasteiger partial charge in [0.1, 0.15) is 0 Å². The molecular formula is C11H24O6P2. The third-order valence-corrected chi connectivity index (χ3v) is 7.98. The Morgan fingerprint density at radius 2 is 1.11 bits per heavy atom. The van der Waals surface area contributed by atoms with Crippen molar-refractivity contribution in [3.8, 4) is 0 Å². The van der Waals surface area contributed by atoms with Gasteiger partial charge in [-0.2, -0.15) is 0 Å². The van der Waals surface area contributed by atoms with Crippen molar-refractivity contribution in [2.75, 3.05) is 26.4 Å². The molecule has 0 aliphatic heterocycles. The molecule has 0 fully saturated rings. The lowest BCUT2D eigenvalue weighted by Crippen LogP contribution is -2.15. The van der Waals surface area contributed by atoms with E-state index in [1.54, 1.807) is 27.7 Å². The van der Waals surface area contributed by atoms with Crippen molar-refractivity contribution >= 4 is 15.2 Å². The predicted molar refractivity (Wildman–Crippen MR) is 75.7 cm³/mol. The molecule has 0 atom stereocenters. The van der Waals surface area contributed by atoms with Gasteiger partial charge in [-0.25, -0.2) is 0 Å². The monoisotopic (exact) mass is 314 g/mol. The highest BCUT2D eigenvalue weighted by Crippen LogP contribution is 2.70. The molecule has 0 unspecified atom stereocenters. The predicted octanol–water partition coefficient (Wildman–Crippen LogP) is 4.03. The van der Waals surface area contributed by atoms with E-state index in [0.717, 1.165) is 0 Å². The van der Waals surface area contributed by atoms with Crippen molar-refractivity contribution in [1.29, 1.82) is 0 Å². The van der Waals surface area contributed by atoms with Gasteiger partial charge in [-0.15, -0.1) is 6.58 Å². The largest absolute Gasteiger partial charge is 0.349 e. The number of allylic oxidation sites excluding steroid dienone is 1. The number of hydrogen-bond acceptors (Lipinski definition) is 6. The van der Waals surface area contributed by atoms with Crippen molar-refractivity contribution in [3.63, 3.8) is 0 Å². The fraction of sp³-hybridized carbons (Fsp3) is 0.818. The minimum absolute atomic E-state index is 0.167. The van der Waals surface area contributed by atoms with Crippen LogP contribution in [0.25, 0.3) is 0 Å². The highest BCUT2D eigenvalue weighted by molar-refractivity contribution is 7.73. The summed E-state index contributed by atoms with van der Waals surface area (Å²) < 4.78 is 46.2. The van der Waals surface area contributed by atoms with E-state index < -0.39 is 20.6 Å². The summed E-state index contributed by atoms with van der Waals surface area (Å²) in [6.45, 7) is 10.9. The minimum atomic E-state index is -3.64. The molecule has 6 nitrogen and oxygen atoms in total. The van der Waals surface area contributed by atoms with Crippen LogP contribution in [0.4, 0.5) is 0 Å². The van der Waals surface area contributed by atoms with Crippen LogP contribution in [0.15, 0.2) is 12.7 Å². The zero-order valence-electron chi connectivity index (χ0n) is 12.0. The van der Waals surface area contributed by atoms with Gasteiger partial charge in [0.2, 0.25) is 0 Å². The molecule has 0 rings (SSSR count). The molecule has 8 heteroatoms. The van der Waals surface area contributed by atoms with E-state index in [0.29, 0.717) is 0 Å². The Morgan fingerprint density at radius 1 is 0.842 bits per heavy atom. The van der Waals surface area contributed by atoms with Crippen LogP contribution in [0.2, 0.25) is 0 Å². The topological polar surface area (TPSA) is 71.1 Å². The van der Waals surface area contributed by atoms with Gasteiger partial charge in [-0.05, 0) is 27.7 Å². The summed E-state index contributed by atoms with van der Waals surface area (Å²) in [4.78, 5) is 0. The van der Waals surface area contributed by atoms with Gasteiger partial charge in [0, 0.05) is 0 Å². The average molecular weight is 314 g/mol. The van der Waals surface area contributed by atoms with Crippen LogP contribution < -0.4 is 0 Å². The van der Waals surface area contributed by atoms with E-state index in [9.17, 15) is 9.13 Å². The molecule has 0 N–H and O–H groups in total. The zero-order valence-corrected chi connectivity index (χ0v) is 13.8. The maximum absolute atomic E-state index is 12.7. The molecule has 0 bridgehead atoms. The molecule has 0 aliphatic carbocycles. The van der Waals surface area contributed by atoms with Crippen molar-refractivity contribution in [3.05, 3.63) is 12.7 Å². The van der Waals surface area contributed by atoms with E-state index in [-0.39, 0.29) is 26.4 Å². The van der Waals surface area contributed by atoms with E-state index in [1.165, 1.54) is 6.08 Å². The average Bonchev–Trinajstić information content (AvgIpc) is 2.30. The van der Waals surface area contributed by atoms with Crippen LogP contribution >= 0.6 is 15.2 Å². The Balaban J connectivity index is 5.48. The molecule has 0 heterocycles. The third kappa shape index (κ3) is 5.14. The first-order valence-corrected chi connectivity index (χ1v) is 9.56. The minimum Gasteiger partial charge on any atom is -0.308 e. The third-order valence-electron chi connectivity index (χ3n) is 2.09. The fourth-order valence-electron chi connectivity index (χ4n) is 1.53. The molecule has 0 amide bonds. The van der Waals surface area contributed by atoms with Gasteiger partial charge in [-0.1, -0.05) is 6.08 Å². The summed E-state index contributed by atoms with van der Waals surface area (Å²) in [6.07, 6.45) is 1.26. The molecular weight excluding hydrogens is 290 g/mol. The second kappa shape index (κ2) is 9.06. The standard InChI is InChI=1S/C11H24O6P2/c1-6-11(18(12,14-7-2)15-8-3)19(13,16-9-4)17-10-5/h6,11H,1,7-10H2,2-5H3. The summed E-state index contributed by atoms with van der Waals surface area (Å²) in [7, 11) is -7.28. The second-order valence-corrected chi connectivity index (χ2v) is 8.11. The number of rotatable bonds is 11. The Labute approximate surface area is 115 Å². The molecule has 0 aromatic heterocycles. The fourth-order valence-corrected chi connectivity index (χ4v) is 6.43. The van der Waals surface area contributed by atoms with Gasteiger partial charge < -0.3 is 18.1 Å². The van der Waals surface area contributed by atoms with Gasteiger partial charge >= 0.3 is 15.2 Å². The smallest absolute Gasteiger partial charge is 0.308 e. The van der Waals surface area contributed by atoms with Crippen LogP contribution in [0.3, 0.4) is 0 Å². The quantitative estimate of drug-likeness (QED) is 0.423. The van der Waals surface area contributed by atoms with E-state index in [4.69, 9.17) is 18.1 Å². The molecule has 0 aromatic carbocycles. The first kappa shape index (κ1) is 19.0. The van der Waals surface area contributed by atoms with Crippen LogP contribution in [0.1, 0.15) is 27.7 Å². The molecule has 19 heavy (non-hydrogen) atoms. The first-order valence-electron chi connectivity index (χ1n) is 6.34. The lowest BCUT2D eigenvalue weighted by atomic mass is 10.8.